The van der Waals surface area contributed by atoms with Gasteiger partial charge in [-0.1, -0.05) is 25.3 Å². The van der Waals surface area contributed by atoms with Crippen LogP contribution in [0.25, 0.3) is 11.1 Å². The van der Waals surface area contributed by atoms with Gasteiger partial charge in [0.1, 0.15) is 19.0 Å². The summed E-state index contributed by atoms with van der Waals surface area (Å²) in [5, 5.41) is 0. The fourth-order valence-electron chi connectivity index (χ4n) is 2.62. The molecule has 6 nitrogen and oxygen atoms in total. The number of ether oxygens (including phenoxy) is 3. The Hall–Kier alpha value is -3.67. The normalized spacial score (nSPS) is 10.8. The van der Waals surface area contributed by atoms with Crippen LogP contribution < -0.4 is 4.74 Å². The predicted molar refractivity (Wildman–Crippen MR) is 126 cm³/mol. The molecule has 0 atom stereocenters. The van der Waals surface area contributed by atoms with Crippen LogP contribution in [-0.2, 0) is 37.1 Å². The fraction of sp³-hybridized carbons (Fsp3) is 0.296. The lowest BCUT2D eigenvalue weighted by molar-refractivity contribution is -0.143. The van der Waals surface area contributed by atoms with Crippen LogP contribution in [0.4, 0.5) is 0 Å². The summed E-state index contributed by atoms with van der Waals surface area (Å²) in [5.41, 5.74) is 3.15. The Balaban J connectivity index is 2.30. The molecule has 174 valence electrons. The molecule has 0 aliphatic carbocycles. The lowest BCUT2D eigenvalue weighted by atomic mass is 9.97. The zero-order valence-electron chi connectivity index (χ0n) is 19.8. The van der Waals surface area contributed by atoms with Gasteiger partial charge in [0.2, 0.25) is 0 Å². The second kappa shape index (κ2) is 10.8. The molecule has 2 aromatic carbocycles. The van der Waals surface area contributed by atoms with Gasteiger partial charge in [-0.2, -0.15) is 0 Å². The van der Waals surface area contributed by atoms with Crippen molar-refractivity contribution >= 4 is 17.9 Å². The monoisotopic (exact) mass is 450 g/mol. The Morgan fingerprint density at radius 2 is 1.21 bits per heavy atom. The molecule has 0 unspecified atom stereocenters. The van der Waals surface area contributed by atoms with Crippen LogP contribution >= 0.6 is 0 Å². The van der Waals surface area contributed by atoms with Crippen LogP contribution in [0.1, 0.15) is 45.7 Å². The third-order valence-corrected chi connectivity index (χ3v) is 4.50. The van der Waals surface area contributed by atoms with Gasteiger partial charge >= 0.3 is 17.9 Å². The van der Waals surface area contributed by atoms with Crippen molar-refractivity contribution in [1.82, 2.24) is 0 Å². The molecular formula is C27H30O6. The molecular weight excluding hydrogens is 420 g/mol. The summed E-state index contributed by atoms with van der Waals surface area (Å²) in [6.07, 6.45) is 0. The molecule has 2 rings (SSSR count). The average molecular weight is 451 g/mol. The average Bonchev–Trinajstić information content (AvgIpc) is 2.75. The number of hydrogen-bond donors (Lipinski definition) is 0. The number of esters is 3. The van der Waals surface area contributed by atoms with E-state index in [2.05, 4.69) is 13.2 Å². The zero-order valence-corrected chi connectivity index (χ0v) is 19.8. The van der Waals surface area contributed by atoms with Crippen molar-refractivity contribution in [1.29, 1.82) is 0 Å². The Labute approximate surface area is 194 Å². The van der Waals surface area contributed by atoms with E-state index in [1.165, 1.54) is 0 Å². The lowest BCUT2D eigenvalue weighted by Crippen LogP contribution is -2.25. The molecule has 2 aromatic rings. The first-order valence-corrected chi connectivity index (χ1v) is 10.5. The maximum Gasteiger partial charge on any atom is 0.333 e. The maximum atomic E-state index is 12.1. The molecule has 0 spiro atoms. The molecule has 0 bridgehead atoms. The van der Waals surface area contributed by atoms with Crippen molar-refractivity contribution < 1.29 is 28.6 Å². The van der Waals surface area contributed by atoms with E-state index in [-0.39, 0.29) is 19.2 Å². The van der Waals surface area contributed by atoms with Gasteiger partial charge in [-0.05, 0) is 87.2 Å². The Morgan fingerprint density at radius 3 is 1.61 bits per heavy atom. The van der Waals surface area contributed by atoms with E-state index < -0.39 is 17.4 Å². The van der Waals surface area contributed by atoms with Crippen LogP contribution in [0.15, 0.2) is 66.8 Å². The molecule has 0 aliphatic heterocycles. The first kappa shape index (κ1) is 25.6. The standard InChI is InChI=1S/C27H30O6/c1-17(2)24(28)31-15-19-12-20(16-32-25(29)18(3)4)14-22(13-19)21-8-10-23(11-9-21)33-26(30)27(5,6)7/h8-14H,1,3,15-16H2,2,4-7H3. The minimum Gasteiger partial charge on any atom is -0.457 e. The van der Waals surface area contributed by atoms with Crippen LogP contribution in [0.3, 0.4) is 0 Å². The number of carbonyl (C=O) groups excluding carboxylic acids is 3. The van der Waals surface area contributed by atoms with Gasteiger partial charge in [0.25, 0.3) is 0 Å². The van der Waals surface area contributed by atoms with E-state index >= 15 is 0 Å². The number of hydrogen-bond acceptors (Lipinski definition) is 6. The molecule has 33 heavy (non-hydrogen) atoms. The van der Waals surface area contributed by atoms with Crippen LogP contribution in [0.5, 0.6) is 5.75 Å². The van der Waals surface area contributed by atoms with E-state index in [1.807, 2.05) is 24.3 Å². The minimum absolute atomic E-state index is 0.0439. The van der Waals surface area contributed by atoms with Gasteiger partial charge in [0.05, 0.1) is 5.41 Å². The Kier molecular flexibility index (Phi) is 8.35. The molecule has 0 fully saturated rings. The second-order valence-corrected chi connectivity index (χ2v) is 8.92. The fourth-order valence-corrected chi connectivity index (χ4v) is 2.62. The van der Waals surface area contributed by atoms with Crippen molar-refractivity contribution in [2.45, 2.75) is 47.8 Å². The Morgan fingerprint density at radius 1 is 0.758 bits per heavy atom. The lowest BCUT2D eigenvalue weighted by Gasteiger charge is -2.16. The van der Waals surface area contributed by atoms with Crippen molar-refractivity contribution in [3.63, 3.8) is 0 Å². The van der Waals surface area contributed by atoms with Gasteiger partial charge < -0.3 is 14.2 Å². The third kappa shape index (κ3) is 7.75. The van der Waals surface area contributed by atoms with E-state index in [9.17, 15) is 14.4 Å². The van der Waals surface area contributed by atoms with Gasteiger partial charge in [-0.3, -0.25) is 4.79 Å². The smallest absolute Gasteiger partial charge is 0.333 e. The van der Waals surface area contributed by atoms with Crippen LogP contribution in [0.2, 0.25) is 0 Å². The summed E-state index contributed by atoms with van der Waals surface area (Å²) in [6, 6.07) is 12.7. The highest BCUT2D eigenvalue weighted by Gasteiger charge is 2.23. The number of carbonyl (C=O) groups is 3. The predicted octanol–water partition coefficient (Wildman–Crippen LogP) is 5.54. The van der Waals surface area contributed by atoms with Crippen molar-refractivity contribution in [2.24, 2.45) is 5.41 Å². The molecule has 0 aromatic heterocycles. The van der Waals surface area contributed by atoms with Crippen LogP contribution in [0, 0.1) is 5.41 Å². The molecule has 0 saturated carbocycles. The van der Waals surface area contributed by atoms with E-state index in [4.69, 9.17) is 14.2 Å². The largest absolute Gasteiger partial charge is 0.457 e. The maximum absolute atomic E-state index is 12.1. The molecule has 0 saturated heterocycles. The van der Waals surface area contributed by atoms with Gasteiger partial charge in [0.15, 0.2) is 0 Å². The van der Waals surface area contributed by atoms with Crippen molar-refractivity contribution in [3.8, 4) is 16.9 Å². The molecule has 0 heterocycles. The third-order valence-electron chi connectivity index (χ3n) is 4.50. The number of benzene rings is 2. The highest BCUT2D eigenvalue weighted by atomic mass is 16.5. The summed E-state index contributed by atoms with van der Waals surface area (Å²) >= 11 is 0. The minimum atomic E-state index is -0.607. The van der Waals surface area contributed by atoms with Gasteiger partial charge in [0, 0.05) is 11.1 Å². The first-order valence-electron chi connectivity index (χ1n) is 10.5. The summed E-state index contributed by atoms with van der Waals surface area (Å²) in [7, 11) is 0. The summed E-state index contributed by atoms with van der Waals surface area (Å²) < 4.78 is 16.0. The van der Waals surface area contributed by atoms with Crippen LogP contribution in [-0.4, -0.2) is 17.9 Å². The Bertz CT molecular complexity index is 1020. The highest BCUT2D eigenvalue weighted by molar-refractivity contribution is 5.87. The molecule has 0 aliphatic rings. The van der Waals surface area contributed by atoms with E-state index in [0.29, 0.717) is 16.9 Å². The summed E-state index contributed by atoms with van der Waals surface area (Å²) in [6.45, 7) is 15.8. The highest BCUT2D eigenvalue weighted by Crippen LogP contribution is 2.27. The topological polar surface area (TPSA) is 78.9 Å². The SMILES string of the molecule is C=C(C)C(=O)OCc1cc(COC(=O)C(=C)C)cc(-c2ccc(OC(=O)C(C)(C)C)cc2)c1. The molecule has 0 N–H and O–H groups in total. The van der Waals surface area contributed by atoms with Crippen molar-refractivity contribution in [3.05, 3.63) is 77.9 Å². The number of rotatable bonds is 8. The van der Waals surface area contributed by atoms with E-state index in [0.717, 1.165) is 22.3 Å². The van der Waals surface area contributed by atoms with Gasteiger partial charge in [-0.25, -0.2) is 9.59 Å². The zero-order chi connectivity index (χ0) is 24.8. The second-order valence-electron chi connectivity index (χ2n) is 8.92. The first-order chi connectivity index (χ1) is 15.4. The summed E-state index contributed by atoms with van der Waals surface area (Å²) in [5.74, 6) is -0.847. The van der Waals surface area contributed by atoms with E-state index in [1.54, 1.807) is 52.8 Å². The molecule has 0 radical (unpaired) electrons. The quantitative estimate of drug-likeness (QED) is 0.298. The summed E-state index contributed by atoms with van der Waals surface area (Å²) in [4.78, 5) is 35.7. The molecule has 6 heteroatoms. The van der Waals surface area contributed by atoms with Crippen molar-refractivity contribution in [2.75, 3.05) is 0 Å². The van der Waals surface area contributed by atoms with Gasteiger partial charge in [-0.15, -0.1) is 0 Å². The molecule has 0 amide bonds.